The summed E-state index contributed by atoms with van der Waals surface area (Å²) < 4.78 is 1.41. The molecule has 6 heteroatoms. The number of hydrogen-bond acceptors (Lipinski definition) is 4. The van der Waals surface area contributed by atoms with E-state index in [0.29, 0.717) is 18.2 Å². The molecule has 0 amide bonds. The van der Waals surface area contributed by atoms with E-state index in [4.69, 9.17) is 11.6 Å². The van der Waals surface area contributed by atoms with Crippen LogP contribution >= 0.6 is 11.6 Å². The van der Waals surface area contributed by atoms with Crippen LogP contribution in [0.15, 0.2) is 11.0 Å². The first-order valence-corrected chi connectivity index (χ1v) is 6.80. The van der Waals surface area contributed by atoms with E-state index in [1.54, 1.807) is 6.20 Å². The maximum atomic E-state index is 11.9. The molecule has 2 N–H and O–H groups in total. The highest BCUT2D eigenvalue weighted by Gasteiger charge is 2.15. The van der Waals surface area contributed by atoms with Gasteiger partial charge in [-0.2, -0.15) is 5.10 Å². The monoisotopic (exact) mass is 270 g/mol. The van der Waals surface area contributed by atoms with Crippen LogP contribution in [0.25, 0.3) is 0 Å². The van der Waals surface area contributed by atoms with Crippen molar-refractivity contribution in [2.45, 2.75) is 26.3 Å². The van der Waals surface area contributed by atoms with Crippen LogP contribution in [0.4, 0.5) is 5.69 Å². The van der Waals surface area contributed by atoms with Crippen molar-refractivity contribution in [1.29, 1.82) is 0 Å². The molecule has 0 radical (unpaired) electrons. The molecule has 1 aromatic rings. The molecule has 0 bridgehead atoms. The molecule has 1 aromatic heterocycles. The third kappa shape index (κ3) is 3.03. The average Bonchev–Trinajstić information content (AvgIpc) is 2.87. The summed E-state index contributed by atoms with van der Waals surface area (Å²) >= 11 is 6.07. The molecule has 0 saturated carbocycles. The molecule has 0 spiro atoms. The van der Waals surface area contributed by atoms with Crippen molar-refractivity contribution in [1.82, 2.24) is 15.1 Å². The van der Waals surface area contributed by atoms with Gasteiger partial charge in [0, 0.05) is 13.1 Å². The van der Waals surface area contributed by atoms with E-state index in [9.17, 15) is 4.79 Å². The van der Waals surface area contributed by atoms with Crippen LogP contribution in [0.2, 0.25) is 5.02 Å². The smallest absolute Gasteiger partial charge is 0.287 e. The molecule has 1 unspecified atom stereocenters. The Bertz CT molecular complexity index is 454. The zero-order valence-electron chi connectivity index (χ0n) is 10.6. The zero-order valence-corrected chi connectivity index (χ0v) is 11.3. The van der Waals surface area contributed by atoms with Gasteiger partial charge in [-0.1, -0.05) is 18.5 Å². The molecule has 1 saturated heterocycles. The molecule has 5 nitrogen and oxygen atoms in total. The number of halogens is 1. The summed E-state index contributed by atoms with van der Waals surface area (Å²) in [7, 11) is 0. The Morgan fingerprint density at radius 2 is 2.50 bits per heavy atom. The van der Waals surface area contributed by atoms with Crippen LogP contribution < -0.4 is 16.2 Å². The van der Waals surface area contributed by atoms with Crippen LogP contribution in [-0.2, 0) is 6.54 Å². The minimum absolute atomic E-state index is 0.215. The fourth-order valence-electron chi connectivity index (χ4n) is 2.10. The zero-order chi connectivity index (χ0) is 13.0. The molecular formula is C12H19ClN4O. The molecule has 1 aliphatic rings. The van der Waals surface area contributed by atoms with Crippen LogP contribution in [0.1, 0.15) is 19.8 Å². The van der Waals surface area contributed by atoms with Gasteiger partial charge in [0.05, 0.1) is 11.9 Å². The Hall–Kier alpha value is -1.07. The van der Waals surface area contributed by atoms with Gasteiger partial charge < -0.3 is 10.6 Å². The van der Waals surface area contributed by atoms with E-state index in [1.807, 2.05) is 6.92 Å². The van der Waals surface area contributed by atoms with Crippen LogP contribution in [0.3, 0.4) is 0 Å². The predicted octanol–water partition coefficient (Wildman–Crippen LogP) is 1.33. The Balaban J connectivity index is 2.04. The number of anilines is 1. The SMILES string of the molecule is CCCn1ncc(NCC2CCNC2)c(Cl)c1=O. The quantitative estimate of drug-likeness (QED) is 0.848. The van der Waals surface area contributed by atoms with Gasteiger partial charge in [-0.25, -0.2) is 4.68 Å². The van der Waals surface area contributed by atoms with Crippen LogP contribution in [-0.4, -0.2) is 29.4 Å². The van der Waals surface area contributed by atoms with Crippen molar-refractivity contribution < 1.29 is 0 Å². The van der Waals surface area contributed by atoms with Crippen molar-refractivity contribution >= 4 is 17.3 Å². The van der Waals surface area contributed by atoms with Gasteiger partial charge in [-0.15, -0.1) is 0 Å². The molecule has 2 rings (SSSR count). The summed E-state index contributed by atoms with van der Waals surface area (Å²) in [6, 6.07) is 0. The lowest BCUT2D eigenvalue weighted by molar-refractivity contribution is 0.567. The summed E-state index contributed by atoms with van der Waals surface area (Å²) in [6.45, 7) is 5.51. The fourth-order valence-corrected chi connectivity index (χ4v) is 2.32. The Labute approximate surface area is 112 Å². The van der Waals surface area contributed by atoms with E-state index in [0.717, 1.165) is 32.5 Å². The summed E-state index contributed by atoms with van der Waals surface area (Å²) in [6.07, 6.45) is 3.66. The summed E-state index contributed by atoms with van der Waals surface area (Å²) in [5, 5.41) is 10.9. The molecule has 1 atom stereocenters. The maximum Gasteiger partial charge on any atom is 0.287 e. The predicted molar refractivity (Wildman–Crippen MR) is 73.3 cm³/mol. The van der Waals surface area contributed by atoms with Crippen molar-refractivity contribution in [3.63, 3.8) is 0 Å². The van der Waals surface area contributed by atoms with Gasteiger partial charge in [-0.3, -0.25) is 4.79 Å². The standard InChI is InChI=1S/C12H19ClN4O/c1-2-5-17-12(18)11(13)10(8-16-17)15-7-9-3-4-14-6-9/h8-9,14-15H,2-7H2,1H3. The first kappa shape index (κ1) is 13.4. The highest BCUT2D eigenvalue weighted by molar-refractivity contribution is 6.32. The third-order valence-electron chi connectivity index (χ3n) is 3.16. The van der Waals surface area contributed by atoms with Gasteiger partial charge in [0.1, 0.15) is 5.02 Å². The molecule has 1 aliphatic heterocycles. The summed E-state index contributed by atoms with van der Waals surface area (Å²) in [5.41, 5.74) is 0.425. The number of rotatable bonds is 5. The normalized spacial score (nSPS) is 19.1. The Morgan fingerprint density at radius 1 is 1.67 bits per heavy atom. The highest BCUT2D eigenvalue weighted by Crippen LogP contribution is 2.17. The number of aryl methyl sites for hydroxylation is 1. The first-order chi connectivity index (χ1) is 8.72. The number of nitrogens with one attached hydrogen (secondary N) is 2. The molecule has 2 heterocycles. The van der Waals surface area contributed by atoms with E-state index < -0.39 is 0 Å². The van der Waals surface area contributed by atoms with E-state index >= 15 is 0 Å². The third-order valence-corrected chi connectivity index (χ3v) is 3.53. The number of nitrogens with zero attached hydrogens (tertiary/aromatic N) is 2. The Morgan fingerprint density at radius 3 is 3.17 bits per heavy atom. The second kappa shape index (κ2) is 6.20. The molecule has 0 aliphatic carbocycles. The second-order valence-electron chi connectivity index (χ2n) is 4.64. The van der Waals surface area contributed by atoms with E-state index in [2.05, 4.69) is 15.7 Å². The highest BCUT2D eigenvalue weighted by atomic mass is 35.5. The molecule has 0 aromatic carbocycles. The minimum atomic E-state index is -0.215. The van der Waals surface area contributed by atoms with Crippen molar-refractivity contribution in [2.24, 2.45) is 5.92 Å². The first-order valence-electron chi connectivity index (χ1n) is 6.42. The molecular weight excluding hydrogens is 252 g/mol. The molecule has 1 fully saturated rings. The Kier molecular flexibility index (Phi) is 4.60. The fraction of sp³-hybridized carbons (Fsp3) is 0.667. The number of aromatic nitrogens is 2. The van der Waals surface area contributed by atoms with Crippen molar-refractivity contribution in [2.75, 3.05) is 25.0 Å². The minimum Gasteiger partial charge on any atom is -0.382 e. The van der Waals surface area contributed by atoms with Gasteiger partial charge in [-0.05, 0) is 31.8 Å². The summed E-state index contributed by atoms with van der Waals surface area (Å²) in [5.74, 6) is 0.596. The topological polar surface area (TPSA) is 59.0 Å². The van der Waals surface area contributed by atoms with E-state index in [-0.39, 0.29) is 10.6 Å². The molecule has 100 valence electrons. The van der Waals surface area contributed by atoms with Gasteiger partial charge >= 0.3 is 0 Å². The lowest BCUT2D eigenvalue weighted by atomic mass is 10.1. The molecule has 18 heavy (non-hydrogen) atoms. The van der Waals surface area contributed by atoms with Gasteiger partial charge in [0.25, 0.3) is 5.56 Å². The van der Waals surface area contributed by atoms with E-state index in [1.165, 1.54) is 4.68 Å². The lowest BCUT2D eigenvalue weighted by Gasteiger charge is -2.12. The average molecular weight is 271 g/mol. The van der Waals surface area contributed by atoms with Crippen LogP contribution in [0, 0.1) is 5.92 Å². The lowest BCUT2D eigenvalue weighted by Crippen LogP contribution is -2.25. The summed E-state index contributed by atoms with van der Waals surface area (Å²) in [4.78, 5) is 11.9. The second-order valence-corrected chi connectivity index (χ2v) is 5.02. The maximum absolute atomic E-state index is 11.9. The van der Waals surface area contributed by atoms with Gasteiger partial charge in [0.2, 0.25) is 0 Å². The van der Waals surface area contributed by atoms with Gasteiger partial charge in [0.15, 0.2) is 0 Å². The van der Waals surface area contributed by atoms with Crippen LogP contribution in [0.5, 0.6) is 0 Å². The largest absolute Gasteiger partial charge is 0.382 e. The van der Waals surface area contributed by atoms with Crippen molar-refractivity contribution in [3.8, 4) is 0 Å². The van der Waals surface area contributed by atoms with Crippen molar-refractivity contribution in [3.05, 3.63) is 21.6 Å². The number of hydrogen-bond donors (Lipinski definition) is 2.